The van der Waals surface area contributed by atoms with Crippen molar-refractivity contribution in [1.29, 1.82) is 0 Å². The quantitative estimate of drug-likeness (QED) is 0.168. The normalized spacial score (nSPS) is 14.6. The molecule has 0 atom stereocenters. The molecule has 6 heteroatoms. The lowest BCUT2D eigenvalue weighted by Crippen LogP contribution is -2.58. The van der Waals surface area contributed by atoms with Crippen LogP contribution in [-0.2, 0) is 0 Å². The number of furan rings is 1. The number of hydrogen-bond acceptors (Lipinski definition) is 5. The lowest BCUT2D eigenvalue weighted by atomic mass is 9.35. The van der Waals surface area contributed by atoms with E-state index < -0.39 is 0 Å². The van der Waals surface area contributed by atoms with E-state index in [-0.39, 0.29) is 12.4 Å². The van der Waals surface area contributed by atoms with E-state index in [0.29, 0.717) is 0 Å². The van der Waals surface area contributed by atoms with E-state index in [1.54, 1.807) is 0 Å². The van der Waals surface area contributed by atoms with Crippen LogP contribution in [0.4, 0.5) is 57.1 Å². The van der Waals surface area contributed by atoms with Crippen LogP contribution in [0.15, 0.2) is 180 Å². The van der Waals surface area contributed by atoms with Crippen LogP contribution in [0.5, 0.6) is 0 Å². The van der Waals surface area contributed by atoms with Crippen LogP contribution in [0, 0.1) is 0 Å². The highest BCUT2D eigenvalue weighted by molar-refractivity contribution is 6.99. The molecule has 5 nitrogen and oxygen atoms in total. The van der Waals surface area contributed by atoms with Crippen LogP contribution in [0.25, 0.3) is 11.0 Å². The number of fused-ring (bicyclic) bond motifs is 6. The van der Waals surface area contributed by atoms with E-state index in [0.717, 1.165) is 39.6 Å². The average molecular weight is 683 g/mol. The zero-order chi connectivity index (χ0) is 35.3. The summed E-state index contributed by atoms with van der Waals surface area (Å²) in [5.41, 5.74) is 14.4. The second-order valence-electron chi connectivity index (χ2n) is 14.5. The van der Waals surface area contributed by atoms with E-state index in [2.05, 4.69) is 209 Å². The maximum absolute atomic E-state index is 7.24. The van der Waals surface area contributed by atoms with Gasteiger partial charge in [-0.2, -0.15) is 0 Å². The van der Waals surface area contributed by atoms with Gasteiger partial charge in [0.15, 0.2) is 0 Å². The summed E-state index contributed by atoms with van der Waals surface area (Å²) >= 11 is 0. The fourth-order valence-electron chi connectivity index (χ4n) is 9.19. The van der Waals surface area contributed by atoms with Crippen LogP contribution in [0.3, 0.4) is 0 Å². The monoisotopic (exact) mass is 682 g/mol. The smallest absolute Gasteiger partial charge is 0.252 e. The Balaban J connectivity index is 1.18. The minimum atomic E-state index is -0.384. The first-order valence-corrected chi connectivity index (χ1v) is 18.3. The van der Waals surface area contributed by atoms with Crippen molar-refractivity contribution in [2.24, 2.45) is 0 Å². The summed E-state index contributed by atoms with van der Waals surface area (Å²) in [6, 6.07) is 63.1. The zero-order valence-electron chi connectivity index (χ0n) is 29.5. The maximum Gasteiger partial charge on any atom is 0.252 e. The highest BCUT2D eigenvalue weighted by Gasteiger charge is 2.52. The predicted molar refractivity (Wildman–Crippen MR) is 221 cm³/mol. The molecule has 0 fully saturated rings. The van der Waals surface area contributed by atoms with Crippen molar-refractivity contribution in [2.45, 2.75) is 19.5 Å². The first-order valence-electron chi connectivity index (χ1n) is 18.3. The Morgan fingerprint density at radius 2 is 1.11 bits per heavy atom. The molecular weight excluding hydrogens is 647 g/mol. The van der Waals surface area contributed by atoms with Crippen molar-refractivity contribution >= 4 is 91.1 Å². The van der Waals surface area contributed by atoms with E-state index in [9.17, 15) is 0 Å². The van der Waals surface area contributed by atoms with Crippen LogP contribution in [-0.4, -0.2) is 12.4 Å². The van der Waals surface area contributed by atoms with Gasteiger partial charge in [-0.3, -0.25) is 4.90 Å². The molecule has 0 aliphatic carbocycles. The molecule has 11 rings (SSSR count). The third-order valence-corrected chi connectivity index (χ3v) is 11.2. The van der Waals surface area contributed by atoms with Crippen LogP contribution in [0.1, 0.15) is 13.8 Å². The Morgan fingerprint density at radius 3 is 1.79 bits per heavy atom. The van der Waals surface area contributed by atoms with Gasteiger partial charge < -0.3 is 19.1 Å². The molecule has 252 valence electrons. The summed E-state index contributed by atoms with van der Waals surface area (Å²) in [7, 11) is 0. The molecule has 53 heavy (non-hydrogen) atoms. The SMILES string of the molecule is CC1(C)N(c2ccccc2)c2cccc3c2N1c1cccc2c1N3c1oc3cc(N(c4ccccc4)c4ccccc4)ccc3c1B2c1ccccc1. The van der Waals surface area contributed by atoms with Gasteiger partial charge in [0, 0.05) is 39.7 Å². The van der Waals surface area contributed by atoms with Crippen molar-refractivity contribution < 1.29 is 4.42 Å². The highest BCUT2D eigenvalue weighted by atomic mass is 16.4. The first kappa shape index (κ1) is 30.0. The number of benzene rings is 7. The molecule has 7 aromatic carbocycles. The zero-order valence-corrected chi connectivity index (χ0v) is 29.5. The molecule has 0 unspecified atom stereocenters. The number of anilines is 10. The second kappa shape index (κ2) is 11.2. The third-order valence-electron chi connectivity index (χ3n) is 11.2. The maximum atomic E-state index is 7.24. The van der Waals surface area contributed by atoms with Crippen LogP contribution in [0.2, 0.25) is 0 Å². The van der Waals surface area contributed by atoms with E-state index in [1.807, 2.05) is 0 Å². The topological polar surface area (TPSA) is 26.1 Å². The third kappa shape index (κ3) is 4.20. The van der Waals surface area contributed by atoms with Crippen molar-refractivity contribution in [3.63, 3.8) is 0 Å². The van der Waals surface area contributed by atoms with Gasteiger partial charge in [0.25, 0.3) is 6.71 Å². The van der Waals surface area contributed by atoms with Gasteiger partial charge in [0.1, 0.15) is 11.2 Å². The summed E-state index contributed by atoms with van der Waals surface area (Å²) in [6.07, 6.45) is 0. The van der Waals surface area contributed by atoms with E-state index in [4.69, 9.17) is 4.42 Å². The number of rotatable bonds is 5. The Labute approximate surface area is 309 Å². The summed E-state index contributed by atoms with van der Waals surface area (Å²) in [4.78, 5) is 9.73. The molecule has 3 aliphatic rings. The molecule has 0 saturated heterocycles. The van der Waals surface area contributed by atoms with Gasteiger partial charge in [-0.1, -0.05) is 109 Å². The van der Waals surface area contributed by atoms with Crippen LogP contribution >= 0.6 is 0 Å². The van der Waals surface area contributed by atoms with Crippen LogP contribution < -0.4 is 36.0 Å². The highest BCUT2D eigenvalue weighted by Crippen LogP contribution is 2.63. The molecular formula is C47H35BN4O. The summed E-state index contributed by atoms with van der Waals surface area (Å²) in [6.45, 7) is 4.63. The van der Waals surface area contributed by atoms with E-state index >= 15 is 0 Å². The van der Waals surface area contributed by atoms with Crippen molar-refractivity contribution in [3.05, 3.63) is 176 Å². The second-order valence-corrected chi connectivity index (χ2v) is 14.5. The van der Waals surface area contributed by atoms with Crippen molar-refractivity contribution in [1.82, 2.24) is 0 Å². The van der Waals surface area contributed by atoms with Gasteiger partial charge >= 0.3 is 0 Å². The lowest BCUT2D eigenvalue weighted by molar-refractivity contribution is 0.538. The van der Waals surface area contributed by atoms with Gasteiger partial charge in [0.05, 0.1) is 28.4 Å². The van der Waals surface area contributed by atoms with Gasteiger partial charge in [-0.15, -0.1) is 0 Å². The molecule has 0 radical (unpaired) electrons. The molecule has 0 bridgehead atoms. The molecule has 4 heterocycles. The Morgan fingerprint density at radius 1 is 0.528 bits per heavy atom. The first-order chi connectivity index (χ1) is 26.1. The lowest BCUT2D eigenvalue weighted by Gasteiger charge is -2.46. The fraction of sp³-hybridized carbons (Fsp3) is 0.0638. The number of nitrogens with zero attached hydrogens (tertiary/aromatic N) is 4. The van der Waals surface area contributed by atoms with Crippen molar-refractivity contribution in [2.75, 3.05) is 19.6 Å². The Kier molecular flexibility index (Phi) is 6.33. The molecule has 8 aromatic rings. The summed E-state index contributed by atoms with van der Waals surface area (Å²) < 4.78 is 7.24. The average Bonchev–Trinajstić information content (AvgIpc) is 3.69. The predicted octanol–water partition coefficient (Wildman–Crippen LogP) is 10.5. The van der Waals surface area contributed by atoms with Crippen molar-refractivity contribution in [3.8, 4) is 0 Å². The summed E-state index contributed by atoms with van der Waals surface area (Å²) in [5, 5.41) is 1.12. The molecule has 0 N–H and O–H groups in total. The summed E-state index contributed by atoms with van der Waals surface area (Å²) in [5.74, 6) is 0.876. The fourth-order valence-corrected chi connectivity index (χ4v) is 9.19. The minimum Gasteiger partial charge on any atom is -0.440 e. The number of para-hydroxylation sites is 5. The molecule has 3 aliphatic heterocycles. The van der Waals surface area contributed by atoms with Gasteiger partial charge in [-0.05, 0) is 86.0 Å². The molecule has 0 spiro atoms. The molecule has 1 aromatic heterocycles. The van der Waals surface area contributed by atoms with Gasteiger partial charge in [-0.25, -0.2) is 0 Å². The molecule has 0 amide bonds. The van der Waals surface area contributed by atoms with E-state index in [1.165, 1.54) is 44.8 Å². The Bertz CT molecular complexity index is 2640. The largest absolute Gasteiger partial charge is 0.440 e. The van der Waals surface area contributed by atoms with Gasteiger partial charge in [0.2, 0.25) is 5.88 Å². The Hall–Kier alpha value is -6.66. The minimum absolute atomic E-state index is 0.0236. The number of hydrogen-bond donors (Lipinski definition) is 0. The molecule has 0 saturated carbocycles. The standard InChI is InChI=1S/C47H35BN4O/c1-47(2)51(35-23-13-6-14-24-35)41-28-16-26-39-45(41)52(47)40-27-15-25-38-44(40)50(39)46-43(48(38)32-17-7-3-8-18-32)37-30-29-36(31-42(37)53-46)49(33-19-9-4-10-20-33)34-21-11-5-12-22-34/h3-31H,1-2H3.